The zero-order valence-corrected chi connectivity index (χ0v) is 11.8. The van der Waals surface area contributed by atoms with Gasteiger partial charge in [0.05, 0.1) is 18.2 Å². The molecule has 1 aromatic rings. The van der Waals surface area contributed by atoms with E-state index in [2.05, 4.69) is 5.32 Å². The van der Waals surface area contributed by atoms with Crippen LogP contribution in [0.25, 0.3) is 0 Å². The molecular formula is C16H24N2O2. The Labute approximate surface area is 120 Å². The minimum absolute atomic E-state index is 0.0727. The fourth-order valence-corrected chi connectivity index (χ4v) is 2.80. The molecule has 4 heteroatoms. The van der Waals surface area contributed by atoms with E-state index in [0.717, 1.165) is 37.7 Å². The molecule has 0 aliphatic heterocycles. The third-order valence-corrected chi connectivity index (χ3v) is 4.08. The van der Waals surface area contributed by atoms with Gasteiger partial charge >= 0.3 is 0 Å². The van der Waals surface area contributed by atoms with E-state index in [4.69, 9.17) is 5.73 Å². The summed E-state index contributed by atoms with van der Waals surface area (Å²) in [7, 11) is 0. The Kier molecular flexibility index (Phi) is 5.15. The molecule has 0 heterocycles. The second kappa shape index (κ2) is 6.86. The van der Waals surface area contributed by atoms with Crippen LogP contribution in [0.15, 0.2) is 30.3 Å². The van der Waals surface area contributed by atoms with Crippen molar-refractivity contribution < 1.29 is 9.90 Å². The zero-order valence-electron chi connectivity index (χ0n) is 11.8. The third kappa shape index (κ3) is 3.81. The molecule has 1 fully saturated rings. The highest BCUT2D eigenvalue weighted by molar-refractivity contribution is 5.86. The lowest BCUT2D eigenvalue weighted by atomic mass is 9.81. The summed E-state index contributed by atoms with van der Waals surface area (Å²) < 4.78 is 0. The van der Waals surface area contributed by atoms with Crippen LogP contribution in [0.1, 0.15) is 37.7 Å². The number of aliphatic hydroxyl groups excluding tert-OH is 1. The van der Waals surface area contributed by atoms with Gasteiger partial charge in [-0.1, -0.05) is 49.6 Å². The van der Waals surface area contributed by atoms with E-state index in [-0.39, 0.29) is 18.6 Å². The first-order valence-electron chi connectivity index (χ1n) is 7.39. The molecule has 0 spiro atoms. The fourth-order valence-electron chi connectivity index (χ4n) is 2.80. The van der Waals surface area contributed by atoms with Crippen molar-refractivity contribution in [3.05, 3.63) is 35.9 Å². The molecule has 1 aliphatic rings. The van der Waals surface area contributed by atoms with Crippen molar-refractivity contribution >= 4 is 5.91 Å². The molecule has 4 nitrogen and oxygen atoms in total. The summed E-state index contributed by atoms with van der Waals surface area (Å²) in [5.41, 5.74) is 6.56. The van der Waals surface area contributed by atoms with Gasteiger partial charge < -0.3 is 16.2 Å². The minimum Gasteiger partial charge on any atom is -0.394 e. The second-order valence-electron chi connectivity index (χ2n) is 5.76. The van der Waals surface area contributed by atoms with Crippen LogP contribution in [0.3, 0.4) is 0 Å². The molecule has 0 bridgehead atoms. The Hall–Kier alpha value is -1.39. The summed E-state index contributed by atoms with van der Waals surface area (Å²) in [4.78, 5) is 12.3. The van der Waals surface area contributed by atoms with Crippen LogP contribution in [0.2, 0.25) is 0 Å². The number of nitrogens with two attached hydrogens (primary N) is 1. The van der Waals surface area contributed by atoms with Gasteiger partial charge in [0, 0.05) is 0 Å². The average molecular weight is 276 g/mol. The van der Waals surface area contributed by atoms with Gasteiger partial charge in [-0.15, -0.1) is 0 Å². The van der Waals surface area contributed by atoms with E-state index in [1.165, 1.54) is 0 Å². The topological polar surface area (TPSA) is 75.4 Å². The Morgan fingerprint density at radius 2 is 1.90 bits per heavy atom. The number of amides is 1. The van der Waals surface area contributed by atoms with Crippen LogP contribution < -0.4 is 11.1 Å². The predicted molar refractivity (Wildman–Crippen MR) is 79.2 cm³/mol. The summed E-state index contributed by atoms with van der Waals surface area (Å²) in [6.07, 6.45) is 5.27. The van der Waals surface area contributed by atoms with Gasteiger partial charge in [-0.05, 0) is 24.8 Å². The number of hydrogen-bond donors (Lipinski definition) is 3. The summed E-state index contributed by atoms with van der Waals surface area (Å²) in [6.45, 7) is -0.0727. The lowest BCUT2D eigenvalue weighted by Crippen LogP contribution is -2.57. The lowest BCUT2D eigenvalue weighted by Gasteiger charge is -2.33. The van der Waals surface area contributed by atoms with Gasteiger partial charge in [-0.2, -0.15) is 0 Å². The molecule has 1 amide bonds. The van der Waals surface area contributed by atoms with E-state index in [9.17, 15) is 9.90 Å². The van der Waals surface area contributed by atoms with Crippen LogP contribution in [0.4, 0.5) is 0 Å². The summed E-state index contributed by atoms with van der Waals surface area (Å²) in [6, 6.07) is 9.58. The van der Waals surface area contributed by atoms with Crippen LogP contribution in [-0.4, -0.2) is 29.2 Å². The summed E-state index contributed by atoms with van der Waals surface area (Å²) in [5, 5.41) is 12.4. The van der Waals surface area contributed by atoms with Crippen molar-refractivity contribution in [1.29, 1.82) is 0 Å². The molecule has 1 atom stereocenters. The minimum atomic E-state index is -0.748. The predicted octanol–water partition coefficient (Wildman–Crippen LogP) is 1.37. The van der Waals surface area contributed by atoms with Crippen LogP contribution >= 0.6 is 0 Å². The Morgan fingerprint density at radius 1 is 1.25 bits per heavy atom. The third-order valence-electron chi connectivity index (χ3n) is 4.08. The summed E-state index contributed by atoms with van der Waals surface area (Å²) >= 11 is 0. The average Bonchev–Trinajstić information content (AvgIpc) is 2.48. The highest BCUT2D eigenvalue weighted by atomic mass is 16.3. The molecule has 1 aromatic carbocycles. The van der Waals surface area contributed by atoms with Gasteiger partial charge in [0.2, 0.25) is 5.91 Å². The van der Waals surface area contributed by atoms with Crippen molar-refractivity contribution in [2.45, 2.75) is 50.1 Å². The first-order valence-corrected chi connectivity index (χ1v) is 7.39. The molecule has 1 unspecified atom stereocenters. The monoisotopic (exact) mass is 276 g/mol. The van der Waals surface area contributed by atoms with Crippen LogP contribution in [0.5, 0.6) is 0 Å². The maximum Gasteiger partial charge on any atom is 0.240 e. The quantitative estimate of drug-likeness (QED) is 0.760. The van der Waals surface area contributed by atoms with Crippen molar-refractivity contribution in [1.82, 2.24) is 5.32 Å². The van der Waals surface area contributed by atoms with Gasteiger partial charge in [0.1, 0.15) is 0 Å². The number of benzene rings is 1. The number of carbonyl (C=O) groups is 1. The van der Waals surface area contributed by atoms with Crippen molar-refractivity contribution in [2.75, 3.05) is 6.61 Å². The normalized spacial score (nSPS) is 19.3. The molecule has 110 valence electrons. The van der Waals surface area contributed by atoms with E-state index in [0.29, 0.717) is 6.42 Å². The SMILES string of the molecule is NC1(C(=O)NC(CO)Cc2ccccc2)CCCCC1. The van der Waals surface area contributed by atoms with E-state index < -0.39 is 5.54 Å². The van der Waals surface area contributed by atoms with E-state index in [1.54, 1.807) is 0 Å². The molecule has 0 saturated heterocycles. The van der Waals surface area contributed by atoms with Crippen molar-refractivity contribution in [2.24, 2.45) is 5.73 Å². The molecular weight excluding hydrogens is 252 g/mol. The zero-order chi connectivity index (χ0) is 14.4. The Bertz CT molecular complexity index is 427. The maximum atomic E-state index is 12.3. The number of carbonyl (C=O) groups excluding carboxylic acids is 1. The highest BCUT2D eigenvalue weighted by Crippen LogP contribution is 2.26. The first kappa shape index (κ1) is 15.0. The van der Waals surface area contributed by atoms with Crippen LogP contribution in [-0.2, 0) is 11.2 Å². The Morgan fingerprint density at radius 3 is 2.50 bits per heavy atom. The lowest BCUT2D eigenvalue weighted by molar-refractivity contribution is -0.128. The Balaban J connectivity index is 1.94. The van der Waals surface area contributed by atoms with Gasteiger partial charge in [-0.3, -0.25) is 4.79 Å². The number of nitrogens with one attached hydrogen (secondary N) is 1. The highest BCUT2D eigenvalue weighted by Gasteiger charge is 2.36. The smallest absolute Gasteiger partial charge is 0.240 e. The summed E-state index contributed by atoms with van der Waals surface area (Å²) in [5.74, 6) is -0.118. The number of rotatable bonds is 5. The van der Waals surface area contributed by atoms with Crippen molar-refractivity contribution in [3.8, 4) is 0 Å². The largest absolute Gasteiger partial charge is 0.394 e. The molecule has 1 saturated carbocycles. The van der Waals surface area contributed by atoms with Crippen LogP contribution in [0, 0.1) is 0 Å². The molecule has 4 N–H and O–H groups in total. The van der Waals surface area contributed by atoms with E-state index >= 15 is 0 Å². The number of hydrogen-bond acceptors (Lipinski definition) is 3. The molecule has 0 aromatic heterocycles. The number of aliphatic hydroxyl groups is 1. The molecule has 2 rings (SSSR count). The standard InChI is InChI=1S/C16H24N2O2/c17-16(9-5-2-6-10-16)15(20)18-14(12-19)11-13-7-3-1-4-8-13/h1,3-4,7-8,14,19H,2,5-6,9-12,17H2,(H,18,20). The first-order chi connectivity index (χ1) is 9.64. The molecule has 1 aliphatic carbocycles. The fraction of sp³-hybridized carbons (Fsp3) is 0.562. The van der Waals surface area contributed by atoms with Gasteiger partial charge in [-0.25, -0.2) is 0 Å². The van der Waals surface area contributed by atoms with Gasteiger partial charge in [0.15, 0.2) is 0 Å². The molecule has 0 radical (unpaired) electrons. The second-order valence-corrected chi connectivity index (χ2v) is 5.76. The van der Waals surface area contributed by atoms with Gasteiger partial charge in [0.25, 0.3) is 0 Å². The van der Waals surface area contributed by atoms with Crippen molar-refractivity contribution in [3.63, 3.8) is 0 Å². The maximum absolute atomic E-state index is 12.3. The van der Waals surface area contributed by atoms with E-state index in [1.807, 2.05) is 30.3 Å². The molecule has 20 heavy (non-hydrogen) atoms.